The first kappa shape index (κ1) is 7.80. The van der Waals surface area contributed by atoms with E-state index >= 15 is 0 Å². The zero-order valence-electron chi connectivity index (χ0n) is 7.43. The van der Waals surface area contributed by atoms with Crippen LogP contribution in [0, 0.1) is 6.92 Å². The molecule has 0 unspecified atom stereocenters. The summed E-state index contributed by atoms with van der Waals surface area (Å²) in [6, 6.07) is 0.515. The molecule has 1 aromatic heterocycles. The molecular weight excluding hydrogens is 150 g/mol. The molecule has 3 heteroatoms. The van der Waals surface area contributed by atoms with E-state index < -0.39 is 0 Å². The highest BCUT2D eigenvalue weighted by atomic mass is 15.1. The molecule has 0 aliphatic carbocycles. The van der Waals surface area contributed by atoms with Crippen LogP contribution in [0.25, 0.3) is 0 Å². The molecule has 2 rings (SSSR count). The largest absolute Gasteiger partial charge is 0.309 e. The van der Waals surface area contributed by atoms with Gasteiger partial charge in [-0.15, -0.1) is 0 Å². The van der Waals surface area contributed by atoms with E-state index in [4.69, 9.17) is 0 Å². The van der Waals surface area contributed by atoms with Gasteiger partial charge in [0.15, 0.2) is 0 Å². The minimum absolute atomic E-state index is 0.515. The predicted octanol–water partition coefficient (Wildman–Crippen LogP) is 1.53. The van der Waals surface area contributed by atoms with Gasteiger partial charge in [0.05, 0.1) is 11.9 Å². The molecule has 0 radical (unpaired) electrons. The maximum Gasteiger partial charge on any atom is 0.0550 e. The van der Waals surface area contributed by atoms with Gasteiger partial charge in [-0.05, 0) is 31.9 Å². The first-order chi connectivity index (χ1) is 5.88. The summed E-state index contributed by atoms with van der Waals surface area (Å²) in [7, 11) is 0. The number of hydrogen-bond acceptors (Lipinski definition) is 2. The van der Waals surface area contributed by atoms with Gasteiger partial charge in [0, 0.05) is 6.04 Å². The predicted molar refractivity (Wildman–Crippen MR) is 47.9 cm³/mol. The van der Waals surface area contributed by atoms with Crippen molar-refractivity contribution in [2.75, 3.05) is 6.54 Å². The van der Waals surface area contributed by atoms with E-state index in [0.29, 0.717) is 6.04 Å². The second-order valence-electron chi connectivity index (χ2n) is 3.47. The Kier molecular flexibility index (Phi) is 2.13. The van der Waals surface area contributed by atoms with Crippen LogP contribution >= 0.6 is 0 Å². The third kappa shape index (κ3) is 1.37. The van der Waals surface area contributed by atoms with Crippen molar-refractivity contribution >= 4 is 0 Å². The molecule has 0 aromatic carbocycles. The molecule has 66 valence electrons. The standard InChI is InChI=1S/C9H15N3/c1-7-6-11-12-9(7)8-4-2-3-5-10-8/h6,8,10H,2-5H2,1H3,(H,11,12)/t8-/m1/s1. The molecule has 1 fully saturated rings. The van der Waals surface area contributed by atoms with Crippen molar-refractivity contribution in [1.29, 1.82) is 0 Å². The normalized spacial score (nSPS) is 24.2. The molecule has 1 aliphatic heterocycles. The average Bonchev–Trinajstić information content (AvgIpc) is 2.53. The van der Waals surface area contributed by atoms with E-state index in [1.807, 2.05) is 6.20 Å². The van der Waals surface area contributed by atoms with Crippen molar-refractivity contribution in [2.24, 2.45) is 0 Å². The minimum Gasteiger partial charge on any atom is -0.309 e. The van der Waals surface area contributed by atoms with Gasteiger partial charge < -0.3 is 5.32 Å². The lowest BCUT2D eigenvalue weighted by molar-refractivity contribution is 0.404. The number of nitrogens with one attached hydrogen (secondary N) is 2. The Morgan fingerprint density at radius 2 is 2.42 bits per heavy atom. The lowest BCUT2D eigenvalue weighted by Crippen LogP contribution is -2.27. The average molecular weight is 165 g/mol. The van der Waals surface area contributed by atoms with Crippen LogP contribution in [0.2, 0.25) is 0 Å². The van der Waals surface area contributed by atoms with Crippen molar-refractivity contribution in [2.45, 2.75) is 32.2 Å². The topological polar surface area (TPSA) is 40.7 Å². The highest BCUT2D eigenvalue weighted by Crippen LogP contribution is 2.22. The SMILES string of the molecule is Cc1cn[nH]c1[C@H]1CCCCN1. The van der Waals surface area contributed by atoms with Gasteiger partial charge in [0.2, 0.25) is 0 Å². The molecule has 1 atom stereocenters. The number of aromatic amines is 1. The highest BCUT2D eigenvalue weighted by molar-refractivity contribution is 5.18. The van der Waals surface area contributed by atoms with Crippen LogP contribution in [0.15, 0.2) is 6.20 Å². The van der Waals surface area contributed by atoms with Gasteiger partial charge >= 0.3 is 0 Å². The van der Waals surface area contributed by atoms with Crippen molar-refractivity contribution < 1.29 is 0 Å². The summed E-state index contributed by atoms with van der Waals surface area (Å²) >= 11 is 0. The second-order valence-corrected chi connectivity index (χ2v) is 3.47. The molecule has 0 bridgehead atoms. The van der Waals surface area contributed by atoms with Crippen LogP contribution in [0.5, 0.6) is 0 Å². The van der Waals surface area contributed by atoms with Gasteiger partial charge in [-0.3, -0.25) is 5.10 Å². The summed E-state index contributed by atoms with van der Waals surface area (Å²) in [6.07, 6.45) is 5.77. The Morgan fingerprint density at radius 3 is 3.00 bits per heavy atom. The van der Waals surface area contributed by atoms with E-state index in [-0.39, 0.29) is 0 Å². The Balaban J connectivity index is 2.13. The fourth-order valence-corrected chi connectivity index (χ4v) is 1.81. The molecule has 1 aliphatic rings. The summed E-state index contributed by atoms with van der Waals surface area (Å²) < 4.78 is 0. The van der Waals surface area contributed by atoms with E-state index in [0.717, 1.165) is 6.54 Å². The molecule has 2 heterocycles. The molecular formula is C9H15N3. The first-order valence-electron chi connectivity index (χ1n) is 4.61. The smallest absolute Gasteiger partial charge is 0.0550 e. The number of piperidine rings is 1. The Labute approximate surface area is 72.6 Å². The molecule has 2 N–H and O–H groups in total. The summed E-state index contributed by atoms with van der Waals surface area (Å²) in [4.78, 5) is 0. The third-order valence-electron chi connectivity index (χ3n) is 2.53. The maximum absolute atomic E-state index is 4.03. The monoisotopic (exact) mass is 165 g/mol. The van der Waals surface area contributed by atoms with Gasteiger partial charge in [-0.25, -0.2) is 0 Å². The number of aromatic nitrogens is 2. The fraction of sp³-hybridized carbons (Fsp3) is 0.667. The summed E-state index contributed by atoms with van der Waals surface area (Å²) in [5, 5.41) is 10.6. The molecule has 1 saturated heterocycles. The quantitative estimate of drug-likeness (QED) is 0.662. The summed E-state index contributed by atoms with van der Waals surface area (Å²) in [5.74, 6) is 0. The van der Waals surface area contributed by atoms with Crippen LogP contribution in [-0.2, 0) is 0 Å². The number of nitrogens with zero attached hydrogens (tertiary/aromatic N) is 1. The first-order valence-corrected chi connectivity index (χ1v) is 4.61. The third-order valence-corrected chi connectivity index (χ3v) is 2.53. The number of rotatable bonds is 1. The lowest BCUT2D eigenvalue weighted by Gasteiger charge is -2.22. The van der Waals surface area contributed by atoms with Crippen LogP contribution in [0.1, 0.15) is 36.6 Å². The van der Waals surface area contributed by atoms with Crippen molar-refractivity contribution in [3.05, 3.63) is 17.5 Å². The zero-order valence-corrected chi connectivity index (χ0v) is 7.43. The second kappa shape index (κ2) is 3.27. The molecule has 0 saturated carbocycles. The molecule has 1 aromatic rings. The molecule has 0 amide bonds. The van der Waals surface area contributed by atoms with Crippen LogP contribution < -0.4 is 5.32 Å². The Hall–Kier alpha value is -0.830. The van der Waals surface area contributed by atoms with Crippen LogP contribution in [-0.4, -0.2) is 16.7 Å². The van der Waals surface area contributed by atoms with Crippen molar-refractivity contribution in [3.63, 3.8) is 0 Å². The van der Waals surface area contributed by atoms with E-state index in [9.17, 15) is 0 Å². The minimum atomic E-state index is 0.515. The van der Waals surface area contributed by atoms with E-state index in [2.05, 4.69) is 22.4 Å². The van der Waals surface area contributed by atoms with Gasteiger partial charge in [-0.2, -0.15) is 5.10 Å². The van der Waals surface area contributed by atoms with Crippen LogP contribution in [0.4, 0.5) is 0 Å². The van der Waals surface area contributed by atoms with Gasteiger partial charge in [0.1, 0.15) is 0 Å². The van der Waals surface area contributed by atoms with Gasteiger partial charge in [-0.1, -0.05) is 6.42 Å². The Bertz CT molecular complexity index is 248. The van der Waals surface area contributed by atoms with E-state index in [1.165, 1.54) is 30.5 Å². The van der Waals surface area contributed by atoms with E-state index in [1.54, 1.807) is 0 Å². The van der Waals surface area contributed by atoms with Gasteiger partial charge in [0.25, 0.3) is 0 Å². The molecule has 0 spiro atoms. The highest BCUT2D eigenvalue weighted by Gasteiger charge is 2.17. The van der Waals surface area contributed by atoms with Crippen LogP contribution in [0.3, 0.4) is 0 Å². The molecule has 3 nitrogen and oxygen atoms in total. The number of H-pyrrole nitrogens is 1. The molecule has 12 heavy (non-hydrogen) atoms. The zero-order chi connectivity index (χ0) is 8.39. The number of aryl methyl sites for hydroxylation is 1. The van der Waals surface area contributed by atoms with Crippen molar-refractivity contribution in [3.8, 4) is 0 Å². The summed E-state index contributed by atoms with van der Waals surface area (Å²) in [5.41, 5.74) is 2.55. The maximum atomic E-state index is 4.03. The Morgan fingerprint density at radius 1 is 1.50 bits per heavy atom. The van der Waals surface area contributed by atoms with Crippen molar-refractivity contribution in [1.82, 2.24) is 15.5 Å². The number of hydrogen-bond donors (Lipinski definition) is 2. The summed E-state index contributed by atoms with van der Waals surface area (Å²) in [6.45, 7) is 3.25. The lowest BCUT2D eigenvalue weighted by atomic mass is 10.0. The fourth-order valence-electron chi connectivity index (χ4n) is 1.81.